The summed E-state index contributed by atoms with van der Waals surface area (Å²) in [5.41, 5.74) is 0.737. The van der Waals surface area contributed by atoms with Crippen LogP contribution in [0.1, 0.15) is 18.9 Å². The molecule has 0 aliphatic rings. The van der Waals surface area contributed by atoms with Crippen molar-refractivity contribution >= 4 is 17.8 Å². The Balaban J connectivity index is 2.79. The normalized spacial score (nSPS) is 10.7. The van der Waals surface area contributed by atoms with Crippen molar-refractivity contribution < 1.29 is 9.94 Å². The molecule has 1 N–H and O–H groups in total. The Hall–Kier alpha value is -1.22. The van der Waals surface area contributed by atoms with Crippen molar-refractivity contribution in [1.82, 2.24) is 0 Å². The molecule has 4 heteroatoms. The van der Waals surface area contributed by atoms with Crippen LogP contribution in [0, 0.1) is 0 Å². The lowest BCUT2D eigenvalue weighted by Crippen LogP contribution is -1.95. The Labute approximate surface area is 88.0 Å². The van der Waals surface area contributed by atoms with E-state index < -0.39 is 0 Å². The molecule has 1 aromatic rings. The molecule has 0 radical (unpaired) electrons. The summed E-state index contributed by atoms with van der Waals surface area (Å²) < 4.78 is 5.38. The van der Waals surface area contributed by atoms with Gasteiger partial charge in [0.25, 0.3) is 0 Å². The first-order chi connectivity index (χ1) is 6.77. The molecule has 0 fully saturated rings. The molecule has 76 valence electrons. The first-order valence-corrected chi connectivity index (χ1v) is 4.75. The molecule has 0 spiro atoms. The van der Waals surface area contributed by atoms with E-state index in [0.717, 1.165) is 12.0 Å². The first kappa shape index (κ1) is 10.9. The lowest BCUT2D eigenvalue weighted by Gasteiger charge is -2.06. The number of benzene rings is 1. The first-order valence-electron chi connectivity index (χ1n) is 4.37. The standard InChI is InChI=1S/C10H12ClNO2/c1-2-5-14-10-4-3-8(7-12-13)6-9(10)11/h3-4,6-7,13H,2,5H2,1H3. The second-order valence-electron chi connectivity index (χ2n) is 2.78. The minimum atomic E-state index is 0.524. The van der Waals surface area contributed by atoms with Crippen molar-refractivity contribution in [2.24, 2.45) is 5.16 Å². The highest BCUT2D eigenvalue weighted by Gasteiger charge is 2.01. The number of ether oxygens (including phenoxy) is 1. The number of rotatable bonds is 4. The minimum Gasteiger partial charge on any atom is -0.492 e. The Morgan fingerprint density at radius 1 is 1.57 bits per heavy atom. The van der Waals surface area contributed by atoms with Gasteiger partial charge in [-0.3, -0.25) is 0 Å². The van der Waals surface area contributed by atoms with Gasteiger partial charge in [0.2, 0.25) is 0 Å². The maximum Gasteiger partial charge on any atom is 0.137 e. The summed E-state index contributed by atoms with van der Waals surface area (Å²) in [4.78, 5) is 0. The van der Waals surface area contributed by atoms with Crippen LogP contribution in [0.4, 0.5) is 0 Å². The third-order valence-electron chi connectivity index (χ3n) is 1.62. The van der Waals surface area contributed by atoms with Gasteiger partial charge in [0.1, 0.15) is 5.75 Å². The summed E-state index contributed by atoms with van der Waals surface area (Å²) in [7, 11) is 0. The zero-order valence-electron chi connectivity index (χ0n) is 7.90. The van der Waals surface area contributed by atoms with Crippen LogP contribution < -0.4 is 4.74 Å². The van der Waals surface area contributed by atoms with Crippen molar-refractivity contribution in [3.63, 3.8) is 0 Å². The number of halogens is 1. The van der Waals surface area contributed by atoms with E-state index in [2.05, 4.69) is 5.16 Å². The van der Waals surface area contributed by atoms with Gasteiger partial charge in [-0.25, -0.2) is 0 Å². The van der Waals surface area contributed by atoms with Gasteiger partial charge in [-0.2, -0.15) is 0 Å². The lowest BCUT2D eigenvalue weighted by molar-refractivity contribution is 0.317. The van der Waals surface area contributed by atoms with Gasteiger partial charge in [0.15, 0.2) is 0 Å². The maximum absolute atomic E-state index is 8.32. The molecule has 0 aliphatic heterocycles. The van der Waals surface area contributed by atoms with Crippen LogP contribution >= 0.6 is 11.6 Å². The molecule has 1 aromatic carbocycles. The van der Waals surface area contributed by atoms with Gasteiger partial charge >= 0.3 is 0 Å². The quantitative estimate of drug-likeness (QED) is 0.475. The predicted octanol–water partition coefficient (Wildman–Crippen LogP) is 2.94. The molecule has 0 unspecified atom stereocenters. The molecule has 0 amide bonds. The topological polar surface area (TPSA) is 41.8 Å². The number of oxime groups is 1. The van der Waals surface area contributed by atoms with Crippen molar-refractivity contribution in [3.05, 3.63) is 28.8 Å². The highest BCUT2D eigenvalue weighted by atomic mass is 35.5. The molecular weight excluding hydrogens is 202 g/mol. The SMILES string of the molecule is CCCOc1ccc(C=NO)cc1Cl. The number of nitrogens with zero attached hydrogens (tertiary/aromatic N) is 1. The third kappa shape index (κ3) is 2.92. The van der Waals surface area contributed by atoms with Crippen LogP contribution in [0.25, 0.3) is 0 Å². The van der Waals surface area contributed by atoms with Crippen LogP contribution in [0.2, 0.25) is 5.02 Å². The average Bonchev–Trinajstić information content (AvgIpc) is 2.17. The average molecular weight is 214 g/mol. The zero-order valence-corrected chi connectivity index (χ0v) is 8.66. The molecule has 0 saturated heterocycles. The fourth-order valence-corrected chi connectivity index (χ4v) is 1.24. The summed E-state index contributed by atoms with van der Waals surface area (Å²) in [6.07, 6.45) is 2.26. The third-order valence-corrected chi connectivity index (χ3v) is 1.92. The summed E-state index contributed by atoms with van der Waals surface area (Å²) >= 11 is 5.93. The van der Waals surface area contributed by atoms with Crippen LogP contribution in [0.15, 0.2) is 23.4 Å². The second-order valence-corrected chi connectivity index (χ2v) is 3.19. The highest BCUT2D eigenvalue weighted by molar-refractivity contribution is 6.32. The van der Waals surface area contributed by atoms with Crippen molar-refractivity contribution in [2.45, 2.75) is 13.3 Å². The minimum absolute atomic E-state index is 0.524. The fourth-order valence-electron chi connectivity index (χ4n) is 0.993. The maximum atomic E-state index is 8.32. The van der Waals surface area contributed by atoms with Gasteiger partial charge in [-0.05, 0) is 30.2 Å². The van der Waals surface area contributed by atoms with E-state index in [1.54, 1.807) is 18.2 Å². The summed E-state index contributed by atoms with van der Waals surface area (Å²) in [6.45, 7) is 2.67. The zero-order chi connectivity index (χ0) is 10.4. The molecule has 0 heterocycles. The Bertz CT molecular complexity index is 326. The van der Waals surface area contributed by atoms with E-state index in [0.29, 0.717) is 17.4 Å². The Morgan fingerprint density at radius 2 is 2.36 bits per heavy atom. The van der Waals surface area contributed by atoms with Gasteiger partial charge in [0, 0.05) is 0 Å². The lowest BCUT2D eigenvalue weighted by atomic mass is 10.2. The van der Waals surface area contributed by atoms with E-state index in [4.69, 9.17) is 21.5 Å². The molecule has 0 aromatic heterocycles. The molecule has 0 aliphatic carbocycles. The van der Waals surface area contributed by atoms with Crippen LogP contribution in [-0.2, 0) is 0 Å². The van der Waals surface area contributed by atoms with Crippen LogP contribution in [0.3, 0.4) is 0 Å². The number of hydrogen-bond donors (Lipinski definition) is 1. The molecule has 0 atom stereocenters. The van der Waals surface area contributed by atoms with Crippen LogP contribution in [0.5, 0.6) is 5.75 Å². The monoisotopic (exact) mass is 213 g/mol. The molecule has 3 nitrogen and oxygen atoms in total. The van der Waals surface area contributed by atoms with E-state index >= 15 is 0 Å². The van der Waals surface area contributed by atoms with Gasteiger partial charge in [0.05, 0.1) is 17.8 Å². The van der Waals surface area contributed by atoms with E-state index in [1.807, 2.05) is 6.92 Å². The smallest absolute Gasteiger partial charge is 0.137 e. The Morgan fingerprint density at radius 3 is 2.93 bits per heavy atom. The fraction of sp³-hybridized carbons (Fsp3) is 0.300. The largest absolute Gasteiger partial charge is 0.492 e. The van der Waals surface area contributed by atoms with E-state index in [1.165, 1.54) is 6.21 Å². The molecule has 0 saturated carbocycles. The van der Waals surface area contributed by atoms with Gasteiger partial charge in [-0.1, -0.05) is 23.7 Å². The Kier molecular flexibility index (Phi) is 4.26. The summed E-state index contributed by atoms with van der Waals surface area (Å²) in [6, 6.07) is 5.22. The second kappa shape index (κ2) is 5.50. The molecule has 0 bridgehead atoms. The number of hydrogen-bond acceptors (Lipinski definition) is 3. The van der Waals surface area contributed by atoms with Gasteiger partial charge in [-0.15, -0.1) is 0 Å². The van der Waals surface area contributed by atoms with Crippen molar-refractivity contribution in [1.29, 1.82) is 0 Å². The molecule has 1 rings (SSSR count). The predicted molar refractivity (Wildman–Crippen MR) is 56.6 cm³/mol. The summed E-state index contributed by atoms with van der Waals surface area (Å²) in [5.74, 6) is 0.656. The van der Waals surface area contributed by atoms with Crippen molar-refractivity contribution in [3.8, 4) is 5.75 Å². The summed E-state index contributed by atoms with van der Waals surface area (Å²) in [5, 5.41) is 11.8. The van der Waals surface area contributed by atoms with Crippen LogP contribution in [-0.4, -0.2) is 18.0 Å². The highest BCUT2D eigenvalue weighted by Crippen LogP contribution is 2.24. The molecule has 14 heavy (non-hydrogen) atoms. The molecular formula is C10H12ClNO2. The van der Waals surface area contributed by atoms with E-state index in [-0.39, 0.29) is 0 Å². The van der Waals surface area contributed by atoms with Gasteiger partial charge < -0.3 is 9.94 Å². The van der Waals surface area contributed by atoms with E-state index in [9.17, 15) is 0 Å². The van der Waals surface area contributed by atoms with Crippen molar-refractivity contribution in [2.75, 3.05) is 6.61 Å².